The zero-order valence-corrected chi connectivity index (χ0v) is 9.96. The monoisotopic (exact) mass is 242 g/mol. The molecule has 0 bridgehead atoms. The summed E-state index contributed by atoms with van der Waals surface area (Å²) in [6, 6.07) is 3.12. The second kappa shape index (κ2) is 6.30. The maximum Gasteiger partial charge on any atom is 0.226 e. The van der Waals surface area contributed by atoms with Gasteiger partial charge in [0.1, 0.15) is 11.6 Å². The molecule has 5 heteroatoms. The second-order valence-electron chi connectivity index (χ2n) is 3.83. The number of amides is 1. The minimum Gasteiger partial charge on any atom is -0.344 e. The molecule has 0 saturated heterocycles. The van der Waals surface area contributed by atoms with Crippen LogP contribution in [-0.4, -0.2) is 38.0 Å². The first-order valence-corrected chi connectivity index (χ1v) is 5.37. The van der Waals surface area contributed by atoms with Crippen LogP contribution in [0.5, 0.6) is 0 Å². The molecule has 0 unspecified atom stereocenters. The third-order valence-electron chi connectivity index (χ3n) is 2.47. The molecule has 0 spiro atoms. The largest absolute Gasteiger partial charge is 0.344 e. The predicted molar refractivity (Wildman–Crippen MR) is 61.6 cm³/mol. The Bertz CT molecular complexity index is 396. The van der Waals surface area contributed by atoms with Gasteiger partial charge in [-0.3, -0.25) is 4.79 Å². The van der Waals surface area contributed by atoms with Crippen LogP contribution in [0.15, 0.2) is 18.2 Å². The fourth-order valence-electron chi connectivity index (χ4n) is 1.38. The molecule has 0 aromatic heterocycles. The fourth-order valence-corrected chi connectivity index (χ4v) is 1.38. The van der Waals surface area contributed by atoms with Crippen molar-refractivity contribution in [1.29, 1.82) is 0 Å². The third-order valence-corrected chi connectivity index (χ3v) is 2.47. The van der Waals surface area contributed by atoms with Gasteiger partial charge in [0, 0.05) is 25.7 Å². The van der Waals surface area contributed by atoms with Crippen LogP contribution in [0.1, 0.15) is 5.56 Å². The van der Waals surface area contributed by atoms with E-state index in [1.807, 2.05) is 0 Å². The molecule has 3 nitrogen and oxygen atoms in total. The van der Waals surface area contributed by atoms with Crippen LogP contribution in [0.4, 0.5) is 8.78 Å². The number of carbonyl (C=O) groups excluding carboxylic acids is 1. The molecule has 1 N–H and O–H groups in total. The summed E-state index contributed by atoms with van der Waals surface area (Å²) in [4.78, 5) is 13.2. The maximum atomic E-state index is 13.3. The van der Waals surface area contributed by atoms with Crippen molar-refractivity contribution in [3.8, 4) is 0 Å². The first-order valence-electron chi connectivity index (χ1n) is 5.37. The molecule has 0 aliphatic heterocycles. The molecule has 94 valence electrons. The highest BCUT2D eigenvalue weighted by atomic mass is 19.1. The number of hydrogen-bond donors (Lipinski definition) is 1. The van der Waals surface area contributed by atoms with E-state index < -0.39 is 11.6 Å². The van der Waals surface area contributed by atoms with Crippen molar-refractivity contribution in [3.05, 3.63) is 35.4 Å². The minimum absolute atomic E-state index is 0.0892. The van der Waals surface area contributed by atoms with Crippen LogP contribution in [0.3, 0.4) is 0 Å². The summed E-state index contributed by atoms with van der Waals surface area (Å²) in [7, 11) is 3.42. The Morgan fingerprint density at radius 3 is 2.76 bits per heavy atom. The lowest BCUT2D eigenvalue weighted by Gasteiger charge is -2.17. The standard InChI is InChI=1S/C12H16F2N2O/c1-15-5-6-16(2)12(17)8-9-7-10(13)3-4-11(9)14/h3-4,7,15H,5-6,8H2,1-2H3. The Hall–Kier alpha value is -1.49. The highest BCUT2D eigenvalue weighted by Gasteiger charge is 2.12. The highest BCUT2D eigenvalue weighted by molar-refractivity contribution is 5.78. The first-order chi connectivity index (χ1) is 8.04. The molecule has 17 heavy (non-hydrogen) atoms. The number of hydrogen-bond acceptors (Lipinski definition) is 2. The van der Waals surface area contributed by atoms with Crippen molar-refractivity contribution in [1.82, 2.24) is 10.2 Å². The summed E-state index contributed by atoms with van der Waals surface area (Å²) >= 11 is 0. The van der Waals surface area contributed by atoms with Gasteiger partial charge >= 0.3 is 0 Å². The van der Waals surface area contributed by atoms with E-state index in [2.05, 4.69) is 5.32 Å². The van der Waals surface area contributed by atoms with Crippen LogP contribution in [0, 0.1) is 11.6 Å². The van der Waals surface area contributed by atoms with Gasteiger partial charge in [0.15, 0.2) is 0 Å². The number of benzene rings is 1. The molecule has 0 saturated carbocycles. The van der Waals surface area contributed by atoms with Gasteiger partial charge in [-0.2, -0.15) is 0 Å². The van der Waals surface area contributed by atoms with Gasteiger partial charge in [-0.25, -0.2) is 8.78 Å². The molecular weight excluding hydrogens is 226 g/mol. The van der Waals surface area contributed by atoms with E-state index in [1.165, 1.54) is 4.90 Å². The van der Waals surface area contributed by atoms with Gasteiger partial charge in [0.2, 0.25) is 5.91 Å². The molecule has 0 radical (unpaired) electrons. The summed E-state index contributed by atoms with van der Waals surface area (Å²) in [6.45, 7) is 1.19. The molecule has 0 aliphatic carbocycles. The first kappa shape index (κ1) is 13.6. The minimum atomic E-state index is -0.554. The molecule has 0 aliphatic rings. The van der Waals surface area contributed by atoms with Gasteiger partial charge in [-0.15, -0.1) is 0 Å². The van der Waals surface area contributed by atoms with E-state index in [-0.39, 0.29) is 17.9 Å². The zero-order valence-electron chi connectivity index (χ0n) is 9.96. The molecule has 1 amide bonds. The summed E-state index contributed by atoms with van der Waals surface area (Å²) in [5, 5.41) is 2.91. The van der Waals surface area contributed by atoms with E-state index >= 15 is 0 Å². The molecule has 1 aromatic carbocycles. The van der Waals surface area contributed by atoms with Crippen molar-refractivity contribution in [3.63, 3.8) is 0 Å². The number of halogens is 2. The molecule has 1 rings (SSSR count). The van der Waals surface area contributed by atoms with Crippen LogP contribution in [0.25, 0.3) is 0 Å². The number of carbonyl (C=O) groups is 1. The van der Waals surface area contributed by atoms with Crippen LogP contribution in [-0.2, 0) is 11.2 Å². The van der Waals surface area contributed by atoms with Crippen molar-refractivity contribution in [2.24, 2.45) is 0 Å². The molecule has 0 atom stereocenters. The Labute approximate surface area is 99.4 Å². The fraction of sp³-hybridized carbons (Fsp3) is 0.417. The lowest BCUT2D eigenvalue weighted by atomic mass is 10.1. The molecule has 0 heterocycles. The van der Waals surface area contributed by atoms with Crippen LogP contribution >= 0.6 is 0 Å². The number of likely N-dealkylation sites (N-methyl/N-ethyl adjacent to an activating group) is 2. The number of rotatable bonds is 5. The summed E-state index contributed by atoms with van der Waals surface area (Å²) < 4.78 is 26.2. The quantitative estimate of drug-likeness (QED) is 0.841. The van der Waals surface area contributed by atoms with Crippen molar-refractivity contribution >= 4 is 5.91 Å². The van der Waals surface area contributed by atoms with Crippen molar-refractivity contribution < 1.29 is 13.6 Å². The van der Waals surface area contributed by atoms with Crippen molar-refractivity contribution in [2.45, 2.75) is 6.42 Å². The average molecular weight is 242 g/mol. The summed E-state index contributed by atoms with van der Waals surface area (Å²) in [5.41, 5.74) is 0.0892. The van der Waals surface area contributed by atoms with Gasteiger partial charge in [0.25, 0.3) is 0 Å². The van der Waals surface area contributed by atoms with E-state index in [1.54, 1.807) is 14.1 Å². The lowest BCUT2D eigenvalue weighted by molar-refractivity contribution is -0.129. The van der Waals surface area contributed by atoms with E-state index in [0.29, 0.717) is 13.1 Å². The topological polar surface area (TPSA) is 32.3 Å². The van der Waals surface area contributed by atoms with Crippen molar-refractivity contribution in [2.75, 3.05) is 27.2 Å². The predicted octanol–water partition coefficient (Wildman–Crippen LogP) is 1.19. The Morgan fingerprint density at radius 1 is 1.41 bits per heavy atom. The summed E-state index contributed by atoms with van der Waals surface area (Å²) in [6.07, 6.45) is -0.121. The van der Waals surface area contributed by atoms with Gasteiger partial charge in [-0.05, 0) is 25.2 Å². The Kier molecular flexibility index (Phi) is 5.03. The van der Waals surface area contributed by atoms with Gasteiger partial charge < -0.3 is 10.2 Å². The van der Waals surface area contributed by atoms with Gasteiger partial charge in [0.05, 0.1) is 6.42 Å². The SMILES string of the molecule is CNCCN(C)C(=O)Cc1cc(F)ccc1F. The van der Waals surface area contributed by atoms with E-state index in [0.717, 1.165) is 18.2 Å². The Morgan fingerprint density at radius 2 is 2.12 bits per heavy atom. The normalized spacial score (nSPS) is 10.4. The smallest absolute Gasteiger partial charge is 0.226 e. The molecular formula is C12H16F2N2O. The maximum absolute atomic E-state index is 13.3. The highest BCUT2D eigenvalue weighted by Crippen LogP contribution is 2.11. The van der Waals surface area contributed by atoms with Gasteiger partial charge in [-0.1, -0.05) is 0 Å². The third kappa shape index (κ3) is 4.11. The van der Waals surface area contributed by atoms with Crippen LogP contribution < -0.4 is 5.32 Å². The number of nitrogens with one attached hydrogen (secondary N) is 1. The lowest BCUT2D eigenvalue weighted by Crippen LogP contribution is -2.33. The average Bonchev–Trinajstić information content (AvgIpc) is 2.30. The Balaban J connectivity index is 2.64. The molecule has 1 aromatic rings. The van der Waals surface area contributed by atoms with E-state index in [9.17, 15) is 13.6 Å². The summed E-state index contributed by atoms with van der Waals surface area (Å²) in [5.74, 6) is -1.32. The molecule has 0 fully saturated rings. The zero-order chi connectivity index (χ0) is 12.8. The second-order valence-corrected chi connectivity index (χ2v) is 3.83. The van der Waals surface area contributed by atoms with Crippen LogP contribution in [0.2, 0.25) is 0 Å². The number of nitrogens with zero attached hydrogens (tertiary/aromatic N) is 1. The van der Waals surface area contributed by atoms with E-state index in [4.69, 9.17) is 0 Å².